The normalized spacial score (nSPS) is 21.6. The first-order valence-corrected chi connectivity index (χ1v) is 10.7. The van der Waals surface area contributed by atoms with E-state index in [4.69, 9.17) is 0 Å². The van der Waals surface area contributed by atoms with Crippen molar-refractivity contribution in [1.82, 2.24) is 20.0 Å². The Balaban J connectivity index is 1.40. The van der Waals surface area contributed by atoms with Gasteiger partial charge in [-0.05, 0) is 18.1 Å². The number of carbonyl (C=O) groups is 1. The molecule has 1 fully saturated rings. The monoisotopic (exact) mass is 389 g/mol. The summed E-state index contributed by atoms with van der Waals surface area (Å²) in [4.78, 5) is 17.0. The molecule has 1 aromatic carbocycles. The SMILES string of the molecule is Cn1cc(N2CCN(C(=O)NC3CCS(=O)(=O)c4ccccc43)CC2)cn1. The maximum absolute atomic E-state index is 12.7. The molecule has 4 rings (SSSR count). The molecule has 0 spiro atoms. The zero-order valence-corrected chi connectivity index (χ0v) is 16.0. The van der Waals surface area contributed by atoms with Crippen molar-refractivity contribution in [3.63, 3.8) is 0 Å². The Hall–Kier alpha value is -2.55. The van der Waals surface area contributed by atoms with Crippen molar-refractivity contribution in [3.8, 4) is 0 Å². The second kappa shape index (κ2) is 6.88. The fourth-order valence-corrected chi connectivity index (χ4v) is 5.34. The van der Waals surface area contributed by atoms with Crippen molar-refractivity contribution in [2.75, 3.05) is 36.8 Å². The molecule has 0 saturated carbocycles. The van der Waals surface area contributed by atoms with Crippen LogP contribution in [-0.4, -0.2) is 61.1 Å². The summed E-state index contributed by atoms with van der Waals surface area (Å²) in [7, 11) is -1.37. The molecule has 2 aliphatic rings. The molecule has 9 heteroatoms. The van der Waals surface area contributed by atoms with Crippen LogP contribution in [0.25, 0.3) is 0 Å². The standard InChI is InChI=1S/C18H23N5O3S/c1-21-13-14(12-19-21)22-7-9-23(10-8-22)18(24)20-16-6-11-27(25,26)17-5-3-2-4-15(16)17/h2-5,12-13,16H,6-11H2,1H3,(H,20,24). The predicted molar refractivity (Wildman–Crippen MR) is 101 cm³/mol. The fourth-order valence-electron chi connectivity index (χ4n) is 3.72. The lowest BCUT2D eigenvalue weighted by atomic mass is 10.0. The molecular weight excluding hydrogens is 366 g/mol. The topological polar surface area (TPSA) is 87.5 Å². The van der Waals surface area contributed by atoms with Gasteiger partial charge in [0, 0.05) is 39.4 Å². The molecule has 2 aromatic rings. The van der Waals surface area contributed by atoms with Crippen LogP contribution in [0.1, 0.15) is 18.0 Å². The van der Waals surface area contributed by atoms with E-state index in [0.717, 1.165) is 18.8 Å². The van der Waals surface area contributed by atoms with Gasteiger partial charge >= 0.3 is 6.03 Å². The number of carbonyl (C=O) groups excluding carboxylic acids is 1. The molecular formula is C18H23N5O3S. The molecule has 3 heterocycles. The van der Waals surface area contributed by atoms with Crippen LogP contribution in [0, 0.1) is 0 Å². The molecule has 27 heavy (non-hydrogen) atoms. The summed E-state index contributed by atoms with van der Waals surface area (Å²) >= 11 is 0. The van der Waals surface area contributed by atoms with E-state index >= 15 is 0 Å². The van der Waals surface area contributed by atoms with Crippen molar-refractivity contribution in [3.05, 3.63) is 42.2 Å². The van der Waals surface area contributed by atoms with Gasteiger partial charge in [-0.3, -0.25) is 4.68 Å². The minimum absolute atomic E-state index is 0.0593. The molecule has 1 N–H and O–H groups in total. The maximum atomic E-state index is 12.7. The van der Waals surface area contributed by atoms with Gasteiger partial charge in [0.05, 0.1) is 28.6 Å². The number of nitrogens with one attached hydrogen (secondary N) is 1. The van der Waals surface area contributed by atoms with Crippen LogP contribution in [0.3, 0.4) is 0 Å². The Morgan fingerprint density at radius 3 is 2.63 bits per heavy atom. The highest BCUT2D eigenvalue weighted by Crippen LogP contribution is 2.32. The van der Waals surface area contributed by atoms with E-state index < -0.39 is 9.84 Å². The highest BCUT2D eigenvalue weighted by atomic mass is 32.2. The summed E-state index contributed by atoms with van der Waals surface area (Å²) in [6, 6.07) is 6.53. The molecule has 2 amide bonds. The first kappa shape index (κ1) is 17.8. The molecule has 144 valence electrons. The van der Waals surface area contributed by atoms with Gasteiger partial charge in [-0.2, -0.15) is 5.10 Å². The minimum Gasteiger partial charge on any atom is -0.365 e. The Bertz CT molecular complexity index is 947. The smallest absolute Gasteiger partial charge is 0.318 e. The number of rotatable bonds is 2. The van der Waals surface area contributed by atoms with Crippen molar-refractivity contribution >= 4 is 21.6 Å². The van der Waals surface area contributed by atoms with E-state index in [1.165, 1.54) is 0 Å². The number of sulfone groups is 1. The van der Waals surface area contributed by atoms with E-state index in [1.807, 2.05) is 25.5 Å². The molecule has 0 radical (unpaired) electrons. The van der Waals surface area contributed by atoms with Crippen LogP contribution in [0.2, 0.25) is 0 Å². The van der Waals surface area contributed by atoms with E-state index in [2.05, 4.69) is 15.3 Å². The number of benzene rings is 1. The Kier molecular flexibility index (Phi) is 4.55. The summed E-state index contributed by atoms with van der Waals surface area (Å²) in [5.41, 5.74) is 1.75. The third kappa shape index (κ3) is 3.51. The molecule has 1 aromatic heterocycles. The van der Waals surface area contributed by atoms with E-state index in [-0.39, 0.29) is 17.8 Å². The van der Waals surface area contributed by atoms with Crippen LogP contribution < -0.4 is 10.2 Å². The average Bonchev–Trinajstić information content (AvgIpc) is 3.11. The second-order valence-corrected chi connectivity index (χ2v) is 9.07. The van der Waals surface area contributed by atoms with Gasteiger partial charge in [0.25, 0.3) is 0 Å². The number of fused-ring (bicyclic) bond motifs is 1. The van der Waals surface area contributed by atoms with Gasteiger partial charge in [0.1, 0.15) is 0 Å². The largest absolute Gasteiger partial charge is 0.365 e. The van der Waals surface area contributed by atoms with Crippen molar-refractivity contribution in [2.45, 2.75) is 17.4 Å². The number of anilines is 1. The number of piperazine rings is 1. The number of urea groups is 1. The van der Waals surface area contributed by atoms with Gasteiger partial charge in [-0.15, -0.1) is 0 Å². The van der Waals surface area contributed by atoms with Crippen LogP contribution in [0.4, 0.5) is 10.5 Å². The summed E-state index contributed by atoms with van der Waals surface area (Å²) in [6.45, 7) is 2.73. The number of nitrogens with zero attached hydrogens (tertiary/aromatic N) is 4. The summed E-state index contributed by atoms with van der Waals surface area (Å²) in [5, 5.41) is 7.22. The minimum atomic E-state index is -3.25. The quantitative estimate of drug-likeness (QED) is 0.833. The van der Waals surface area contributed by atoms with Crippen molar-refractivity contribution in [1.29, 1.82) is 0 Å². The lowest BCUT2D eigenvalue weighted by molar-refractivity contribution is 0.189. The fraction of sp³-hybridized carbons (Fsp3) is 0.444. The summed E-state index contributed by atoms with van der Waals surface area (Å²) in [5.74, 6) is 0.0593. The molecule has 1 atom stereocenters. The highest BCUT2D eigenvalue weighted by Gasteiger charge is 2.32. The molecule has 2 aliphatic heterocycles. The molecule has 0 aliphatic carbocycles. The summed E-state index contributed by atoms with van der Waals surface area (Å²) in [6.07, 6.45) is 4.20. The lowest BCUT2D eigenvalue weighted by Crippen LogP contribution is -2.52. The van der Waals surface area contributed by atoms with Crippen molar-refractivity contribution < 1.29 is 13.2 Å². The van der Waals surface area contributed by atoms with Gasteiger partial charge in [0.2, 0.25) is 0 Å². The number of aryl methyl sites for hydroxylation is 1. The van der Waals surface area contributed by atoms with Gasteiger partial charge < -0.3 is 15.1 Å². The third-order valence-electron chi connectivity index (χ3n) is 5.23. The number of hydrogen-bond donors (Lipinski definition) is 1. The van der Waals surface area contributed by atoms with Gasteiger partial charge in [-0.25, -0.2) is 13.2 Å². The first-order valence-electron chi connectivity index (χ1n) is 9.05. The second-order valence-electron chi connectivity index (χ2n) is 6.99. The van der Waals surface area contributed by atoms with E-state index in [9.17, 15) is 13.2 Å². The van der Waals surface area contributed by atoms with Gasteiger partial charge in [-0.1, -0.05) is 18.2 Å². The molecule has 1 unspecified atom stereocenters. The predicted octanol–water partition coefficient (Wildman–Crippen LogP) is 1.17. The Morgan fingerprint density at radius 2 is 1.93 bits per heavy atom. The zero-order valence-electron chi connectivity index (χ0n) is 15.2. The highest BCUT2D eigenvalue weighted by molar-refractivity contribution is 7.91. The Morgan fingerprint density at radius 1 is 1.19 bits per heavy atom. The number of hydrogen-bond acceptors (Lipinski definition) is 5. The van der Waals surface area contributed by atoms with Crippen LogP contribution in [0.5, 0.6) is 0 Å². The average molecular weight is 389 g/mol. The maximum Gasteiger partial charge on any atom is 0.318 e. The molecule has 1 saturated heterocycles. The first-order chi connectivity index (χ1) is 12.9. The van der Waals surface area contributed by atoms with Crippen LogP contribution in [0.15, 0.2) is 41.6 Å². The molecule has 0 bridgehead atoms. The van der Waals surface area contributed by atoms with E-state index in [0.29, 0.717) is 30.0 Å². The lowest BCUT2D eigenvalue weighted by Gasteiger charge is -2.36. The van der Waals surface area contributed by atoms with Crippen molar-refractivity contribution in [2.24, 2.45) is 7.05 Å². The zero-order chi connectivity index (χ0) is 19.0. The molecule has 8 nitrogen and oxygen atoms in total. The van der Waals surface area contributed by atoms with E-state index in [1.54, 1.807) is 27.8 Å². The Labute approximate surface area is 158 Å². The summed E-state index contributed by atoms with van der Waals surface area (Å²) < 4.78 is 26.3. The van der Waals surface area contributed by atoms with Crippen LogP contribution in [-0.2, 0) is 16.9 Å². The van der Waals surface area contributed by atoms with Crippen LogP contribution >= 0.6 is 0 Å². The number of aromatic nitrogens is 2. The number of amides is 2. The van der Waals surface area contributed by atoms with Gasteiger partial charge in [0.15, 0.2) is 9.84 Å². The third-order valence-corrected chi connectivity index (χ3v) is 7.04.